The molecule has 0 bridgehead atoms. The lowest BCUT2D eigenvalue weighted by molar-refractivity contribution is -0.151. The van der Waals surface area contributed by atoms with Crippen molar-refractivity contribution in [3.63, 3.8) is 0 Å². The summed E-state index contributed by atoms with van der Waals surface area (Å²) in [6.45, 7) is 1.61. The Bertz CT molecular complexity index is 345. The molecule has 0 aromatic heterocycles. The summed E-state index contributed by atoms with van der Waals surface area (Å²) in [5.74, 6) is -3.26. The number of hydrogen-bond donors (Lipinski definition) is 1. The minimum atomic E-state index is -1.60. The Labute approximate surface area is 85.3 Å². The normalized spacial score (nSPS) is 12.5. The maximum atomic E-state index is 13.2. The maximum Gasteiger partial charge on any atom is 0.337 e. The van der Waals surface area contributed by atoms with Crippen LogP contribution in [-0.2, 0) is 9.53 Å². The van der Waals surface area contributed by atoms with Crippen LogP contribution < -0.4 is 0 Å². The van der Waals surface area contributed by atoms with E-state index in [4.69, 9.17) is 9.84 Å². The van der Waals surface area contributed by atoms with Gasteiger partial charge >= 0.3 is 5.97 Å². The first kappa shape index (κ1) is 11.6. The number of ether oxygens (including phenoxy) is 1. The van der Waals surface area contributed by atoms with E-state index in [1.165, 1.54) is 6.07 Å². The van der Waals surface area contributed by atoms with Gasteiger partial charge in [0.15, 0.2) is 6.10 Å². The lowest BCUT2D eigenvalue weighted by Gasteiger charge is -2.13. The first-order chi connectivity index (χ1) is 7.07. The molecule has 0 aliphatic heterocycles. The quantitative estimate of drug-likeness (QED) is 0.838. The number of benzene rings is 1. The van der Waals surface area contributed by atoms with Crippen LogP contribution in [0.5, 0.6) is 0 Å². The molecule has 82 valence electrons. The van der Waals surface area contributed by atoms with Crippen LogP contribution in [-0.4, -0.2) is 17.7 Å². The fourth-order valence-electron chi connectivity index (χ4n) is 1.21. The van der Waals surface area contributed by atoms with Crippen LogP contribution in [0.3, 0.4) is 0 Å². The Morgan fingerprint density at radius 2 is 2.00 bits per heavy atom. The fraction of sp³-hybridized carbons (Fsp3) is 0.300. The molecule has 0 heterocycles. The molecule has 1 N–H and O–H groups in total. The first-order valence-corrected chi connectivity index (χ1v) is 4.36. The van der Waals surface area contributed by atoms with Crippen LogP contribution in [0.25, 0.3) is 0 Å². The molecule has 0 saturated carbocycles. The smallest absolute Gasteiger partial charge is 0.337 e. The van der Waals surface area contributed by atoms with Crippen LogP contribution in [0.2, 0.25) is 0 Å². The molecule has 1 unspecified atom stereocenters. The third kappa shape index (κ3) is 2.50. The SMILES string of the molecule is CCOC(C(=O)O)c1c(F)cccc1F. The first-order valence-electron chi connectivity index (χ1n) is 4.36. The highest BCUT2D eigenvalue weighted by molar-refractivity contribution is 5.74. The van der Waals surface area contributed by atoms with Crippen LogP contribution in [0.15, 0.2) is 18.2 Å². The summed E-state index contributed by atoms with van der Waals surface area (Å²) in [5, 5.41) is 8.75. The topological polar surface area (TPSA) is 46.5 Å². The minimum absolute atomic E-state index is 0.0603. The van der Waals surface area contributed by atoms with Gasteiger partial charge < -0.3 is 9.84 Å². The van der Waals surface area contributed by atoms with E-state index in [2.05, 4.69) is 0 Å². The zero-order chi connectivity index (χ0) is 11.4. The Kier molecular flexibility index (Phi) is 3.74. The number of hydrogen-bond acceptors (Lipinski definition) is 2. The standard InChI is InChI=1S/C10H10F2O3/c1-2-15-9(10(13)14)8-6(11)4-3-5-7(8)12/h3-5,9H,2H2,1H3,(H,13,14). The van der Waals surface area contributed by atoms with Gasteiger partial charge in [0.2, 0.25) is 0 Å². The number of carboxylic acids is 1. The molecule has 1 aromatic carbocycles. The van der Waals surface area contributed by atoms with Crippen LogP contribution in [0, 0.1) is 11.6 Å². The molecule has 0 aliphatic carbocycles. The van der Waals surface area contributed by atoms with Gasteiger partial charge in [0, 0.05) is 6.61 Å². The van der Waals surface area contributed by atoms with Gasteiger partial charge in [-0.15, -0.1) is 0 Å². The summed E-state index contributed by atoms with van der Waals surface area (Å²) in [5.41, 5.74) is -0.563. The van der Waals surface area contributed by atoms with E-state index in [0.29, 0.717) is 0 Å². The minimum Gasteiger partial charge on any atom is -0.479 e. The molecule has 0 amide bonds. The van der Waals surface area contributed by atoms with E-state index in [1.54, 1.807) is 6.92 Å². The van der Waals surface area contributed by atoms with Crippen molar-refractivity contribution in [3.8, 4) is 0 Å². The zero-order valence-corrected chi connectivity index (χ0v) is 8.04. The molecule has 3 nitrogen and oxygen atoms in total. The lowest BCUT2D eigenvalue weighted by atomic mass is 10.1. The van der Waals surface area contributed by atoms with Crippen molar-refractivity contribution in [1.82, 2.24) is 0 Å². The molecular weight excluding hydrogens is 206 g/mol. The van der Waals surface area contributed by atoms with Crippen molar-refractivity contribution in [2.45, 2.75) is 13.0 Å². The Morgan fingerprint density at radius 1 is 1.47 bits per heavy atom. The maximum absolute atomic E-state index is 13.2. The van der Waals surface area contributed by atoms with Gasteiger partial charge in [0.25, 0.3) is 0 Å². The van der Waals surface area contributed by atoms with E-state index in [0.717, 1.165) is 12.1 Å². The number of rotatable bonds is 4. The van der Waals surface area contributed by atoms with Crippen molar-refractivity contribution in [3.05, 3.63) is 35.4 Å². The third-order valence-corrected chi connectivity index (χ3v) is 1.82. The van der Waals surface area contributed by atoms with Crippen molar-refractivity contribution in [2.24, 2.45) is 0 Å². The molecule has 1 atom stereocenters. The second kappa shape index (κ2) is 4.84. The van der Waals surface area contributed by atoms with E-state index in [9.17, 15) is 13.6 Å². The van der Waals surface area contributed by atoms with E-state index < -0.39 is 29.3 Å². The molecule has 0 saturated heterocycles. The molecule has 1 aromatic rings. The largest absolute Gasteiger partial charge is 0.479 e. The van der Waals surface area contributed by atoms with Crippen molar-refractivity contribution in [2.75, 3.05) is 6.61 Å². The van der Waals surface area contributed by atoms with Crippen molar-refractivity contribution < 1.29 is 23.4 Å². The van der Waals surface area contributed by atoms with Gasteiger partial charge in [0.05, 0.1) is 5.56 Å². The van der Waals surface area contributed by atoms with Crippen molar-refractivity contribution >= 4 is 5.97 Å². The second-order valence-electron chi connectivity index (χ2n) is 2.81. The summed E-state index contributed by atoms with van der Waals surface area (Å²) >= 11 is 0. The van der Waals surface area contributed by atoms with E-state index in [-0.39, 0.29) is 6.61 Å². The molecule has 0 radical (unpaired) electrons. The van der Waals surface area contributed by atoms with Crippen molar-refractivity contribution in [1.29, 1.82) is 0 Å². The monoisotopic (exact) mass is 216 g/mol. The molecule has 0 aliphatic rings. The zero-order valence-electron chi connectivity index (χ0n) is 8.04. The highest BCUT2D eigenvalue weighted by Crippen LogP contribution is 2.23. The molecule has 1 rings (SSSR count). The second-order valence-corrected chi connectivity index (χ2v) is 2.81. The van der Waals surface area contributed by atoms with Gasteiger partial charge in [-0.3, -0.25) is 0 Å². The van der Waals surface area contributed by atoms with Crippen LogP contribution in [0.1, 0.15) is 18.6 Å². The Morgan fingerprint density at radius 3 is 2.40 bits per heavy atom. The Hall–Kier alpha value is -1.49. The molecule has 0 fully saturated rings. The number of carboxylic acid groups (broad SMARTS) is 1. The van der Waals surface area contributed by atoms with Gasteiger partial charge in [-0.1, -0.05) is 6.07 Å². The molecule has 0 spiro atoms. The highest BCUT2D eigenvalue weighted by Gasteiger charge is 2.26. The van der Waals surface area contributed by atoms with Gasteiger partial charge in [-0.2, -0.15) is 0 Å². The van der Waals surface area contributed by atoms with Gasteiger partial charge in [0.1, 0.15) is 11.6 Å². The number of carbonyl (C=O) groups is 1. The fourth-order valence-corrected chi connectivity index (χ4v) is 1.21. The average Bonchev–Trinajstić information content (AvgIpc) is 2.15. The molecular formula is C10H10F2O3. The third-order valence-electron chi connectivity index (χ3n) is 1.82. The predicted octanol–water partition coefficient (Wildman–Crippen LogP) is 2.13. The molecule has 5 heteroatoms. The lowest BCUT2D eigenvalue weighted by Crippen LogP contribution is -2.18. The van der Waals surface area contributed by atoms with Gasteiger partial charge in [-0.05, 0) is 19.1 Å². The number of halogens is 2. The molecule has 15 heavy (non-hydrogen) atoms. The van der Waals surface area contributed by atoms with E-state index in [1.807, 2.05) is 0 Å². The summed E-state index contributed by atoms with van der Waals surface area (Å²) in [7, 11) is 0. The highest BCUT2D eigenvalue weighted by atomic mass is 19.1. The Balaban J connectivity index is 3.15. The van der Waals surface area contributed by atoms with Crippen LogP contribution >= 0.6 is 0 Å². The predicted molar refractivity (Wildman–Crippen MR) is 48.4 cm³/mol. The van der Waals surface area contributed by atoms with E-state index >= 15 is 0 Å². The summed E-state index contributed by atoms with van der Waals surface area (Å²) in [6, 6.07) is 3.15. The summed E-state index contributed by atoms with van der Waals surface area (Å²) < 4.78 is 31.2. The van der Waals surface area contributed by atoms with Crippen LogP contribution in [0.4, 0.5) is 8.78 Å². The number of aliphatic carboxylic acids is 1. The average molecular weight is 216 g/mol. The summed E-state index contributed by atoms with van der Waals surface area (Å²) in [4.78, 5) is 10.7. The summed E-state index contributed by atoms with van der Waals surface area (Å²) in [6.07, 6.45) is -1.60. The van der Waals surface area contributed by atoms with Gasteiger partial charge in [-0.25, -0.2) is 13.6 Å².